The minimum Gasteiger partial charge on any atom is -0.494 e. The molecular formula is C17H24FNO2. The number of benzene rings is 1. The van der Waals surface area contributed by atoms with E-state index in [0.717, 1.165) is 25.8 Å². The fraction of sp³-hybridized carbons (Fsp3) is 0.588. The molecule has 116 valence electrons. The van der Waals surface area contributed by atoms with Gasteiger partial charge in [-0.05, 0) is 44.0 Å². The number of methoxy groups -OCH3 is 1. The Balaban J connectivity index is 2.07. The molecule has 1 saturated heterocycles. The Hall–Kier alpha value is -1.42. The molecule has 1 aliphatic heterocycles. The molecule has 3 nitrogen and oxygen atoms in total. The van der Waals surface area contributed by atoms with Gasteiger partial charge in [-0.3, -0.25) is 9.69 Å². The van der Waals surface area contributed by atoms with Crippen LogP contribution in [-0.4, -0.2) is 36.9 Å². The Morgan fingerprint density at radius 1 is 1.38 bits per heavy atom. The summed E-state index contributed by atoms with van der Waals surface area (Å²) in [5.74, 6) is -0.323. The summed E-state index contributed by atoms with van der Waals surface area (Å²) in [7, 11) is 1.42. The molecule has 1 aromatic rings. The first-order chi connectivity index (χ1) is 10.2. The Kier molecular flexibility index (Phi) is 5.74. The second kappa shape index (κ2) is 7.55. The summed E-state index contributed by atoms with van der Waals surface area (Å²) in [6.07, 6.45) is 5.82. The number of carbonyl (C=O) groups is 1. The number of hydrogen-bond donors (Lipinski definition) is 0. The van der Waals surface area contributed by atoms with Gasteiger partial charge in [-0.2, -0.15) is 0 Å². The predicted molar refractivity (Wildman–Crippen MR) is 81.4 cm³/mol. The lowest BCUT2D eigenvalue weighted by atomic mass is 10.1. The van der Waals surface area contributed by atoms with Gasteiger partial charge in [-0.1, -0.05) is 19.8 Å². The molecule has 21 heavy (non-hydrogen) atoms. The van der Waals surface area contributed by atoms with Crippen LogP contribution in [0.15, 0.2) is 18.2 Å². The quantitative estimate of drug-likeness (QED) is 0.776. The van der Waals surface area contributed by atoms with E-state index in [1.807, 2.05) is 0 Å². The largest absolute Gasteiger partial charge is 0.494 e. The van der Waals surface area contributed by atoms with Crippen molar-refractivity contribution < 1.29 is 13.9 Å². The van der Waals surface area contributed by atoms with Crippen molar-refractivity contribution >= 4 is 5.78 Å². The summed E-state index contributed by atoms with van der Waals surface area (Å²) in [4.78, 5) is 14.7. The first kappa shape index (κ1) is 16.0. The van der Waals surface area contributed by atoms with Gasteiger partial charge >= 0.3 is 0 Å². The minimum absolute atomic E-state index is 0.0168. The zero-order valence-corrected chi connectivity index (χ0v) is 12.9. The van der Waals surface area contributed by atoms with Crippen molar-refractivity contribution in [2.45, 2.75) is 45.1 Å². The SMILES string of the molecule is CCC1CCCCCN1CC(=O)c1ccc(OC)c(F)c1. The van der Waals surface area contributed by atoms with Gasteiger partial charge in [-0.25, -0.2) is 4.39 Å². The van der Waals surface area contributed by atoms with Crippen LogP contribution in [0.5, 0.6) is 5.75 Å². The van der Waals surface area contributed by atoms with E-state index < -0.39 is 5.82 Å². The van der Waals surface area contributed by atoms with E-state index >= 15 is 0 Å². The molecule has 1 aliphatic rings. The van der Waals surface area contributed by atoms with Gasteiger partial charge in [0.25, 0.3) is 0 Å². The van der Waals surface area contributed by atoms with Gasteiger partial charge in [0.15, 0.2) is 17.3 Å². The Morgan fingerprint density at radius 3 is 2.86 bits per heavy atom. The first-order valence-corrected chi connectivity index (χ1v) is 7.76. The summed E-state index contributed by atoms with van der Waals surface area (Å²) in [5, 5.41) is 0. The second-order valence-electron chi connectivity index (χ2n) is 5.65. The number of Topliss-reactive ketones (excluding diaryl/α,β-unsaturated/α-hetero) is 1. The number of ketones is 1. The van der Waals surface area contributed by atoms with Gasteiger partial charge in [0.05, 0.1) is 13.7 Å². The number of halogens is 1. The summed E-state index contributed by atoms with van der Waals surface area (Å²) in [5.41, 5.74) is 0.424. The molecular weight excluding hydrogens is 269 g/mol. The Morgan fingerprint density at radius 2 is 2.19 bits per heavy atom. The second-order valence-corrected chi connectivity index (χ2v) is 5.65. The van der Waals surface area contributed by atoms with Crippen molar-refractivity contribution in [3.63, 3.8) is 0 Å². The number of rotatable bonds is 5. The molecule has 0 radical (unpaired) electrons. The average molecular weight is 293 g/mol. The highest BCUT2D eigenvalue weighted by molar-refractivity contribution is 5.97. The molecule has 0 spiro atoms. The smallest absolute Gasteiger partial charge is 0.176 e. The third-order valence-electron chi connectivity index (χ3n) is 4.29. The third kappa shape index (κ3) is 4.03. The van der Waals surface area contributed by atoms with Crippen LogP contribution in [0.4, 0.5) is 4.39 Å². The van der Waals surface area contributed by atoms with Crippen molar-refractivity contribution in [2.24, 2.45) is 0 Å². The highest BCUT2D eigenvalue weighted by atomic mass is 19.1. The van der Waals surface area contributed by atoms with Crippen molar-refractivity contribution in [2.75, 3.05) is 20.2 Å². The van der Waals surface area contributed by atoms with Crippen LogP contribution in [0.1, 0.15) is 49.4 Å². The van der Waals surface area contributed by atoms with E-state index in [4.69, 9.17) is 4.74 Å². The van der Waals surface area contributed by atoms with Gasteiger partial charge in [-0.15, -0.1) is 0 Å². The number of nitrogens with zero attached hydrogens (tertiary/aromatic N) is 1. The molecule has 0 aliphatic carbocycles. The molecule has 1 aromatic carbocycles. The molecule has 4 heteroatoms. The zero-order valence-electron chi connectivity index (χ0n) is 12.9. The van der Waals surface area contributed by atoms with Crippen LogP contribution in [0, 0.1) is 5.82 Å². The van der Waals surface area contributed by atoms with Crippen molar-refractivity contribution in [3.05, 3.63) is 29.6 Å². The Bertz CT molecular complexity index is 490. The molecule has 0 aromatic heterocycles. The maximum Gasteiger partial charge on any atom is 0.176 e. The van der Waals surface area contributed by atoms with Crippen molar-refractivity contribution in [1.29, 1.82) is 0 Å². The summed E-state index contributed by atoms with van der Waals surface area (Å²) in [6.45, 7) is 3.51. The highest BCUT2D eigenvalue weighted by Crippen LogP contribution is 2.21. The van der Waals surface area contributed by atoms with Crippen LogP contribution in [0.2, 0.25) is 0 Å². The fourth-order valence-electron chi connectivity index (χ4n) is 3.02. The number of ether oxygens (including phenoxy) is 1. The lowest BCUT2D eigenvalue weighted by Crippen LogP contribution is -2.38. The summed E-state index contributed by atoms with van der Waals surface area (Å²) in [6, 6.07) is 4.91. The minimum atomic E-state index is -0.480. The van der Waals surface area contributed by atoms with E-state index in [2.05, 4.69) is 11.8 Å². The molecule has 0 N–H and O–H groups in total. The molecule has 1 heterocycles. The fourth-order valence-corrected chi connectivity index (χ4v) is 3.02. The van der Waals surface area contributed by atoms with Crippen LogP contribution in [0.25, 0.3) is 0 Å². The number of carbonyl (C=O) groups excluding carboxylic acids is 1. The van der Waals surface area contributed by atoms with Gasteiger partial charge in [0.2, 0.25) is 0 Å². The van der Waals surface area contributed by atoms with Crippen molar-refractivity contribution in [1.82, 2.24) is 4.90 Å². The first-order valence-electron chi connectivity index (χ1n) is 7.76. The molecule has 1 unspecified atom stereocenters. The molecule has 1 atom stereocenters. The monoisotopic (exact) mass is 293 g/mol. The predicted octanol–water partition coefficient (Wildman–Crippen LogP) is 3.67. The molecule has 0 bridgehead atoms. The van der Waals surface area contributed by atoms with Gasteiger partial charge in [0, 0.05) is 11.6 Å². The van der Waals surface area contributed by atoms with Crippen LogP contribution in [0.3, 0.4) is 0 Å². The third-order valence-corrected chi connectivity index (χ3v) is 4.29. The average Bonchev–Trinajstić information content (AvgIpc) is 2.72. The van der Waals surface area contributed by atoms with Crippen LogP contribution >= 0.6 is 0 Å². The normalized spacial score (nSPS) is 20.0. The summed E-state index contributed by atoms with van der Waals surface area (Å²) < 4.78 is 18.6. The van der Waals surface area contributed by atoms with Crippen molar-refractivity contribution in [3.8, 4) is 5.75 Å². The van der Waals surface area contributed by atoms with Gasteiger partial charge in [0.1, 0.15) is 0 Å². The number of likely N-dealkylation sites (tertiary alicyclic amines) is 1. The lowest BCUT2D eigenvalue weighted by molar-refractivity contribution is 0.0890. The molecule has 2 rings (SSSR count). The Labute approximate surface area is 126 Å². The molecule has 0 saturated carbocycles. The van der Waals surface area contributed by atoms with E-state index in [1.54, 1.807) is 6.07 Å². The molecule has 1 fully saturated rings. The maximum absolute atomic E-state index is 13.7. The standard InChI is InChI=1S/C17H24FNO2/c1-3-14-7-5-4-6-10-19(14)12-16(20)13-8-9-17(21-2)15(18)11-13/h8-9,11,14H,3-7,10,12H2,1-2H3. The molecule has 0 amide bonds. The number of hydrogen-bond acceptors (Lipinski definition) is 3. The van der Waals surface area contributed by atoms with E-state index in [-0.39, 0.29) is 11.5 Å². The van der Waals surface area contributed by atoms with E-state index in [0.29, 0.717) is 18.2 Å². The van der Waals surface area contributed by atoms with E-state index in [9.17, 15) is 9.18 Å². The maximum atomic E-state index is 13.7. The van der Waals surface area contributed by atoms with Gasteiger partial charge < -0.3 is 4.74 Å². The van der Waals surface area contributed by atoms with E-state index in [1.165, 1.54) is 32.1 Å². The topological polar surface area (TPSA) is 29.5 Å². The lowest BCUT2D eigenvalue weighted by Gasteiger charge is -2.28. The van der Waals surface area contributed by atoms with Crippen LogP contribution in [-0.2, 0) is 0 Å². The summed E-state index contributed by atoms with van der Waals surface area (Å²) >= 11 is 0. The zero-order chi connectivity index (χ0) is 15.2. The highest BCUT2D eigenvalue weighted by Gasteiger charge is 2.22. The van der Waals surface area contributed by atoms with Crippen LogP contribution < -0.4 is 4.74 Å².